The van der Waals surface area contributed by atoms with E-state index in [0.717, 1.165) is 48.6 Å². The van der Waals surface area contributed by atoms with Crippen molar-refractivity contribution < 1.29 is 14.6 Å². The summed E-state index contributed by atoms with van der Waals surface area (Å²) >= 11 is 4.47. The Morgan fingerprint density at radius 3 is 2.44 bits per heavy atom. The summed E-state index contributed by atoms with van der Waals surface area (Å²) in [6.45, 7) is 3.92. The molecule has 0 saturated carbocycles. The maximum atomic E-state index is 13.0. The van der Waals surface area contributed by atoms with Gasteiger partial charge in [-0.3, -0.25) is 18.7 Å². The van der Waals surface area contributed by atoms with Crippen LogP contribution in [0.15, 0.2) is 55.5 Å². The van der Waals surface area contributed by atoms with E-state index in [9.17, 15) is 19.5 Å². The molecule has 0 bridgehead atoms. The van der Waals surface area contributed by atoms with Gasteiger partial charge < -0.3 is 15.2 Å². The summed E-state index contributed by atoms with van der Waals surface area (Å²) in [4.78, 5) is 42.7. The summed E-state index contributed by atoms with van der Waals surface area (Å²) in [5, 5.41) is 13.7. The van der Waals surface area contributed by atoms with E-state index in [1.54, 1.807) is 31.4 Å². The van der Waals surface area contributed by atoms with E-state index < -0.39 is 17.1 Å². The molecule has 36 heavy (non-hydrogen) atoms. The summed E-state index contributed by atoms with van der Waals surface area (Å²) in [6.07, 6.45) is 0.731. The molecule has 0 radical (unpaired) electrons. The van der Waals surface area contributed by atoms with Gasteiger partial charge in [-0.05, 0) is 60.9 Å². The molecule has 1 aromatic heterocycles. The van der Waals surface area contributed by atoms with Crippen LogP contribution in [0.2, 0.25) is 0 Å². The number of rotatable bonds is 7. The summed E-state index contributed by atoms with van der Waals surface area (Å²) in [5.41, 5.74) is 1.56. The van der Waals surface area contributed by atoms with Gasteiger partial charge in [0, 0.05) is 24.3 Å². The number of carbonyl (C=O) groups is 1. The van der Waals surface area contributed by atoms with Crippen molar-refractivity contribution in [2.45, 2.75) is 20.3 Å². The molecule has 1 amide bonds. The fourth-order valence-electron chi connectivity index (χ4n) is 3.53. The predicted molar refractivity (Wildman–Crippen MR) is 147 cm³/mol. The maximum Gasteiger partial charge on any atom is 0.333 e. The fraction of sp³-hybridized carbons (Fsp3) is 0.280. The Labute approximate surface area is 221 Å². The zero-order valence-corrected chi connectivity index (χ0v) is 23.0. The molecule has 0 unspecified atom stereocenters. The minimum absolute atomic E-state index is 0.0842. The van der Waals surface area contributed by atoms with Crippen LogP contribution < -0.4 is 21.3 Å². The lowest BCUT2D eigenvalue weighted by molar-refractivity contribution is -0.113. The summed E-state index contributed by atoms with van der Waals surface area (Å²) in [5.74, 6) is -0.289. The average molecular weight is 575 g/mol. The Kier molecular flexibility index (Phi) is 8.80. The van der Waals surface area contributed by atoms with E-state index in [2.05, 4.69) is 26.2 Å². The van der Waals surface area contributed by atoms with Gasteiger partial charge in [0.1, 0.15) is 16.4 Å². The maximum absolute atomic E-state index is 13.0. The number of ether oxygens (including phenoxy) is 1. The molecule has 9 nitrogen and oxygen atoms in total. The monoisotopic (exact) mass is 574 g/mol. The molecule has 0 aliphatic rings. The van der Waals surface area contributed by atoms with Crippen LogP contribution in [0.3, 0.4) is 0 Å². The minimum atomic E-state index is -0.715. The average Bonchev–Trinajstić information content (AvgIpc) is 2.86. The van der Waals surface area contributed by atoms with E-state index >= 15 is 0 Å². The summed E-state index contributed by atoms with van der Waals surface area (Å²) in [7, 11) is 4.21. The number of nitrogens with one attached hydrogen (secondary N) is 1. The standard InChI is InChI=1S/C25H27BrN4O5S/c1-6-15-12-16(26)11-14(2)21(15)28-19(31)13-36-22(27-17-7-9-18(35-5)10-8-17)20-23(32)29(3)25(34)30(4)24(20)33/h7-12,32H,6,13H2,1-5H3,(H,28,31). The molecular weight excluding hydrogens is 548 g/mol. The van der Waals surface area contributed by atoms with Crippen LogP contribution in [-0.2, 0) is 25.3 Å². The number of hydrogen-bond acceptors (Lipinski definition) is 7. The Balaban J connectivity index is 1.99. The zero-order valence-electron chi connectivity index (χ0n) is 20.6. The van der Waals surface area contributed by atoms with Crippen LogP contribution in [0, 0.1) is 6.92 Å². The molecule has 11 heteroatoms. The fourth-order valence-corrected chi connectivity index (χ4v) is 4.99. The third-order valence-electron chi connectivity index (χ3n) is 5.52. The number of carbonyl (C=O) groups excluding carboxylic acids is 1. The first-order valence-electron chi connectivity index (χ1n) is 11.0. The van der Waals surface area contributed by atoms with Crippen molar-refractivity contribution >= 4 is 50.0 Å². The van der Waals surface area contributed by atoms with Crippen molar-refractivity contribution in [2.24, 2.45) is 19.1 Å². The summed E-state index contributed by atoms with van der Waals surface area (Å²) in [6, 6.07) is 10.6. The van der Waals surface area contributed by atoms with Crippen molar-refractivity contribution in [3.8, 4) is 11.6 Å². The molecule has 3 aromatic rings. The van der Waals surface area contributed by atoms with Crippen LogP contribution in [-0.4, -0.2) is 38.1 Å². The lowest BCUT2D eigenvalue weighted by Gasteiger charge is -2.15. The van der Waals surface area contributed by atoms with Crippen molar-refractivity contribution in [1.29, 1.82) is 0 Å². The Morgan fingerprint density at radius 2 is 1.83 bits per heavy atom. The van der Waals surface area contributed by atoms with Crippen LogP contribution in [0.25, 0.3) is 0 Å². The Bertz CT molecular complexity index is 1440. The second-order valence-electron chi connectivity index (χ2n) is 7.97. The number of aliphatic imine (C=N–C) groups is 1. The number of anilines is 1. The first-order valence-corrected chi connectivity index (χ1v) is 12.8. The minimum Gasteiger partial charge on any atom is -0.497 e. The molecule has 2 N–H and O–H groups in total. The molecule has 3 rings (SSSR count). The number of aromatic hydroxyl groups is 1. The number of aryl methyl sites for hydroxylation is 2. The van der Waals surface area contributed by atoms with Gasteiger partial charge in [0.25, 0.3) is 5.56 Å². The highest BCUT2D eigenvalue weighted by Crippen LogP contribution is 2.28. The van der Waals surface area contributed by atoms with Gasteiger partial charge in [-0.1, -0.05) is 34.6 Å². The van der Waals surface area contributed by atoms with Crippen molar-refractivity contribution in [3.63, 3.8) is 0 Å². The van der Waals surface area contributed by atoms with E-state index in [0.29, 0.717) is 11.4 Å². The van der Waals surface area contributed by atoms with Crippen LogP contribution in [0.5, 0.6) is 11.6 Å². The number of thioether (sulfide) groups is 1. The lowest BCUT2D eigenvalue weighted by Crippen LogP contribution is -2.39. The zero-order chi connectivity index (χ0) is 26.6. The van der Waals surface area contributed by atoms with Gasteiger partial charge in [0.15, 0.2) is 0 Å². The molecule has 0 aliphatic carbocycles. The third-order valence-corrected chi connectivity index (χ3v) is 6.95. The molecule has 0 saturated heterocycles. The molecule has 0 aliphatic heterocycles. The van der Waals surface area contributed by atoms with Crippen molar-refractivity contribution in [1.82, 2.24) is 9.13 Å². The smallest absolute Gasteiger partial charge is 0.333 e. The highest BCUT2D eigenvalue weighted by Gasteiger charge is 2.22. The normalized spacial score (nSPS) is 11.4. The van der Waals surface area contributed by atoms with Crippen LogP contribution in [0.4, 0.5) is 11.4 Å². The number of nitrogens with zero attached hydrogens (tertiary/aromatic N) is 3. The van der Waals surface area contributed by atoms with Crippen LogP contribution in [0.1, 0.15) is 23.6 Å². The van der Waals surface area contributed by atoms with E-state index in [4.69, 9.17) is 4.74 Å². The number of amides is 1. The van der Waals surface area contributed by atoms with Gasteiger partial charge in [-0.25, -0.2) is 9.79 Å². The molecular formula is C25H27BrN4O5S. The first-order chi connectivity index (χ1) is 17.1. The van der Waals surface area contributed by atoms with E-state index in [1.165, 1.54) is 14.1 Å². The Morgan fingerprint density at radius 1 is 1.17 bits per heavy atom. The third kappa shape index (κ3) is 5.90. The SMILES string of the molecule is CCc1cc(Br)cc(C)c1NC(=O)CSC(=Nc1ccc(OC)cc1)c1c(O)n(C)c(=O)n(C)c1=O. The Hall–Kier alpha value is -3.31. The second-order valence-corrected chi connectivity index (χ2v) is 9.85. The molecule has 0 fully saturated rings. The molecule has 2 aromatic carbocycles. The number of aromatic nitrogens is 2. The first kappa shape index (κ1) is 27.3. The molecule has 1 heterocycles. The lowest BCUT2D eigenvalue weighted by atomic mass is 10.1. The van der Waals surface area contributed by atoms with Gasteiger partial charge in [-0.2, -0.15) is 0 Å². The molecule has 0 spiro atoms. The number of hydrogen-bond donors (Lipinski definition) is 2. The molecule has 190 valence electrons. The predicted octanol–water partition coefficient (Wildman–Crippen LogP) is 3.88. The number of methoxy groups -OCH3 is 1. The van der Waals surface area contributed by atoms with Crippen molar-refractivity contribution in [2.75, 3.05) is 18.2 Å². The van der Waals surface area contributed by atoms with Gasteiger partial charge >= 0.3 is 5.69 Å². The van der Waals surface area contributed by atoms with E-state index in [1.807, 2.05) is 26.0 Å². The highest BCUT2D eigenvalue weighted by molar-refractivity contribution is 9.10. The number of benzene rings is 2. The largest absolute Gasteiger partial charge is 0.497 e. The van der Waals surface area contributed by atoms with Gasteiger partial charge in [-0.15, -0.1) is 0 Å². The van der Waals surface area contributed by atoms with Gasteiger partial charge in [0.2, 0.25) is 11.8 Å². The van der Waals surface area contributed by atoms with E-state index in [-0.39, 0.29) is 22.3 Å². The van der Waals surface area contributed by atoms with Gasteiger partial charge in [0.05, 0.1) is 18.6 Å². The van der Waals surface area contributed by atoms with Crippen LogP contribution >= 0.6 is 27.7 Å². The number of halogens is 1. The highest BCUT2D eigenvalue weighted by atomic mass is 79.9. The molecule has 0 atom stereocenters. The summed E-state index contributed by atoms with van der Waals surface area (Å²) < 4.78 is 7.95. The quantitative estimate of drug-likeness (QED) is 0.327. The van der Waals surface area contributed by atoms with Crippen molar-refractivity contribution in [3.05, 3.63) is 78.4 Å². The topological polar surface area (TPSA) is 115 Å². The second kappa shape index (κ2) is 11.6.